The first-order chi connectivity index (χ1) is 17.2. The van der Waals surface area contributed by atoms with E-state index in [2.05, 4.69) is 46.8 Å². The molecule has 2 aromatic heterocycles. The van der Waals surface area contributed by atoms with Gasteiger partial charge in [-0.3, -0.25) is 9.69 Å². The van der Waals surface area contributed by atoms with Crippen molar-refractivity contribution in [1.82, 2.24) is 35.6 Å². The van der Waals surface area contributed by atoms with Crippen LogP contribution in [-0.2, 0) is 9.53 Å². The number of aromatic amines is 1. The Morgan fingerprint density at radius 2 is 1.92 bits per heavy atom. The third kappa shape index (κ3) is 6.52. The first-order valence-corrected chi connectivity index (χ1v) is 14.2. The van der Waals surface area contributed by atoms with Gasteiger partial charge < -0.3 is 25.3 Å². The van der Waals surface area contributed by atoms with Crippen LogP contribution in [0.4, 0.5) is 10.6 Å². The van der Waals surface area contributed by atoms with Gasteiger partial charge in [0.1, 0.15) is 35.1 Å². The van der Waals surface area contributed by atoms with Crippen molar-refractivity contribution in [2.24, 2.45) is 0 Å². The predicted molar refractivity (Wildman–Crippen MR) is 144 cm³/mol. The highest BCUT2D eigenvalue weighted by atomic mass is 31.1. The SMILES string of the molecule is C=[P+](CCN1CCNCC1)NC(=O)C1(NC(=O)OC(C)(C)C)CCN(c2ncnc3[nH]ccc23)CC1. The van der Waals surface area contributed by atoms with Crippen molar-refractivity contribution >= 4 is 42.8 Å². The minimum atomic E-state index is -1.07. The lowest BCUT2D eigenvalue weighted by molar-refractivity contribution is -0.126. The molecule has 2 aliphatic heterocycles. The predicted octanol–water partition coefficient (Wildman–Crippen LogP) is 1.67. The van der Waals surface area contributed by atoms with E-state index < -0.39 is 24.9 Å². The molecule has 0 saturated carbocycles. The van der Waals surface area contributed by atoms with E-state index in [0.717, 1.165) is 55.7 Å². The zero-order valence-electron chi connectivity index (χ0n) is 21.5. The second kappa shape index (κ2) is 11.1. The average Bonchev–Trinajstić information content (AvgIpc) is 3.32. The van der Waals surface area contributed by atoms with Crippen molar-refractivity contribution in [3.05, 3.63) is 18.6 Å². The van der Waals surface area contributed by atoms with Gasteiger partial charge in [-0.2, -0.15) is 5.09 Å². The number of aromatic nitrogens is 3. The van der Waals surface area contributed by atoms with Gasteiger partial charge in [0.2, 0.25) is 7.70 Å². The molecule has 11 nitrogen and oxygen atoms in total. The van der Waals surface area contributed by atoms with Gasteiger partial charge in [0.05, 0.1) is 11.7 Å². The number of rotatable bonds is 7. The van der Waals surface area contributed by atoms with Gasteiger partial charge in [-0.25, -0.2) is 14.8 Å². The Morgan fingerprint density at radius 1 is 1.19 bits per heavy atom. The summed E-state index contributed by atoms with van der Waals surface area (Å²) >= 11 is 0. The molecule has 2 aliphatic rings. The molecule has 0 spiro atoms. The molecule has 4 heterocycles. The molecule has 0 aromatic carbocycles. The summed E-state index contributed by atoms with van der Waals surface area (Å²) in [4.78, 5) is 42.8. The third-order valence-electron chi connectivity index (χ3n) is 6.58. The van der Waals surface area contributed by atoms with Gasteiger partial charge in [0, 0.05) is 52.0 Å². The monoisotopic (exact) mass is 517 g/mol. The first kappa shape index (κ1) is 26.3. The van der Waals surface area contributed by atoms with Crippen molar-refractivity contribution in [1.29, 1.82) is 0 Å². The summed E-state index contributed by atoms with van der Waals surface area (Å²) in [6.07, 6.45) is 8.68. The normalized spacial score (nSPS) is 19.1. The van der Waals surface area contributed by atoms with Gasteiger partial charge in [-0.15, -0.1) is 0 Å². The molecule has 36 heavy (non-hydrogen) atoms. The van der Waals surface area contributed by atoms with Crippen LogP contribution in [0.15, 0.2) is 18.6 Å². The fraction of sp³-hybridized carbons (Fsp3) is 0.625. The maximum absolute atomic E-state index is 13.6. The Morgan fingerprint density at radius 3 is 2.61 bits per heavy atom. The fourth-order valence-electron chi connectivity index (χ4n) is 4.62. The first-order valence-electron chi connectivity index (χ1n) is 12.5. The number of fused-ring (bicyclic) bond motifs is 1. The van der Waals surface area contributed by atoms with Gasteiger partial charge in [0.15, 0.2) is 0 Å². The zero-order chi connectivity index (χ0) is 25.8. The molecule has 4 rings (SSSR count). The number of anilines is 1. The molecule has 2 aromatic rings. The van der Waals surface area contributed by atoms with Crippen LogP contribution in [0.2, 0.25) is 0 Å². The van der Waals surface area contributed by atoms with Gasteiger partial charge in [-0.1, -0.05) is 0 Å². The molecular weight excluding hydrogens is 479 g/mol. The van der Waals surface area contributed by atoms with E-state index in [-0.39, 0.29) is 5.91 Å². The summed E-state index contributed by atoms with van der Waals surface area (Å²) in [5, 5.41) is 10.3. The van der Waals surface area contributed by atoms with Gasteiger partial charge >= 0.3 is 6.09 Å². The van der Waals surface area contributed by atoms with Crippen LogP contribution in [-0.4, -0.2) is 101 Å². The maximum atomic E-state index is 13.6. The van der Waals surface area contributed by atoms with Crippen molar-refractivity contribution in [3.8, 4) is 0 Å². The van der Waals surface area contributed by atoms with E-state index in [1.165, 1.54) is 6.33 Å². The Hall–Kier alpha value is -2.75. The molecular formula is C24H38N8O3P+. The molecule has 0 radical (unpaired) electrons. The van der Waals surface area contributed by atoms with E-state index in [1.807, 2.05) is 33.0 Å². The standard InChI is InChI=1S/C24H37N8O3P/c1-23(2,3)35-22(34)29-24(21(33)30-36(4)16-15-31-13-9-25-10-14-31)6-11-32(12-7-24)20-18-5-8-26-19(18)27-17-28-20/h5,8,17,25H,4,6-7,9-16H2,1-3H3,(H2-,26,27,28,29,30,33,34)/p+1. The number of amides is 2. The second-order valence-electron chi connectivity index (χ2n) is 10.4. The number of carbonyl (C=O) groups is 2. The van der Waals surface area contributed by atoms with Crippen LogP contribution in [0.25, 0.3) is 11.0 Å². The van der Waals surface area contributed by atoms with Gasteiger partial charge in [0.25, 0.3) is 5.91 Å². The molecule has 1 unspecified atom stereocenters. The molecule has 1 atom stereocenters. The highest BCUT2D eigenvalue weighted by Crippen LogP contribution is 2.31. The summed E-state index contributed by atoms with van der Waals surface area (Å²) in [6, 6.07) is 1.95. The van der Waals surface area contributed by atoms with E-state index in [1.54, 1.807) is 0 Å². The molecule has 2 fully saturated rings. The van der Waals surface area contributed by atoms with Crippen LogP contribution >= 0.6 is 7.70 Å². The van der Waals surface area contributed by atoms with E-state index >= 15 is 0 Å². The fourth-order valence-corrected chi connectivity index (χ4v) is 5.76. The number of alkyl carbamates (subject to hydrolysis) is 1. The zero-order valence-corrected chi connectivity index (χ0v) is 22.4. The number of piperidine rings is 1. The molecule has 4 N–H and O–H groups in total. The Kier molecular flexibility index (Phi) is 8.12. The van der Waals surface area contributed by atoms with Crippen molar-refractivity contribution in [2.75, 3.05) is 56.9 Å². The number of hydrogen-bond acceptors (Lipinski definition) is 8. The van der Waals surface area contributed by atoms with Gasteiger partial charge in [-0.05, 0) is 39.7 Å². The number of piperazine rings is 1. The number of carbonyl (C=O) groups excluding carboxylic acids is 2. The molecule has 2 amide bonds. The largest absolute Gasteiger partial charge is 0.444 e. The minimum Gasteiger partial charge on any atom is -0.444 e. The lowest BCUT2D eigenvalue weighted by Crippen LogP contribution is -2.63. The molecule has 196 valence electrons. The summed E-state index contributed by atoms with van der Waals surface area (Å²) < 4.78 is 5.51. The Balaban J connectivity index is 1.44. The lowest BCUT2D eigenvalue weighted by Gasteiger charge is -2.41. The van der Waals surface area contributed by atoms with E-state index in [0.29, 0.717) is 25.9 Å². The smallest absolute Gasteiger partial charge is 0.408 e. The topological polar surface area (TPSA) is 128 Å². The van der Waals surface area contributed by atoms with Crippen molar-refractivity contribution in [3.63, 3.8) is 0 Å². The Labute approximate surface area is 213 Å². The number of hydrogen-bond donors (Lipinski definition) is 4. The van der Waals surface area contributed by atoms with Crippen LogP contribution < -0.4 is 20.6 Å². The number of H-pyrrole nitrogens is 1. The Bertz CT molecular complexity index is 1080. The quantitative estimate of drug-likeness (QED) is 0.409. The highest BCUT2D eigenvalue weighted by molar-refractivity contribution is 7.54. The summed E-state index contributed by atoms with van der Waals surface area (Å²) in [5.41, 5.74) is -0.962. The molecule has 2 saturated heterocycles. The van der Waals surface area contributed by atoms with Crippen LogP contribution in [0.1, 0.15) is 33.6 Å². The molecule has 12 heteroatoms. The van der Waals surface area contributed by atoms with E-state index in [9.17, 15) is 9.59 Å². The third-order valence-corrected chi connectivity index (χ3v) is 7.84. The number of ether oxygens (including phenoxy) is 1. The summed E-state index contributed by atoms with van der Waals surface area (Å²) in [7, 11) is -0.967. The molecule has 0 bridgehead atoms. The second-order valence-corrected chi connectivity index (χ2v) is 12.2. The van der Waals surface area contributed by atoms with E-state index in [4.69, 9.17) is 4.74 Å². The highest BCUT2D eigenvalue weighted by Gasteiger charge is 2.45. The van der Waals surface area contributed by atoms with Crippen LogP contribution in [0.5, 0.6) is 0 Å². The molecule has 0 aliphatic carbocycles. The number of nitrogens with zero attached hydrogens (tertiary/aromatic N) is 4. The number of nitrogens with one attached hydrogen (secondary N) is 4. The van der Waals surface area contributed by atoms with Crippen molar-refractivity contribution < 1.29 is 14.3 Å². The maximum Gasteiger partial charge on any atom is 0.408 e. The van der Waals surface area contributed by atoms with Crippen molar-refractivity contribution in [2.45, 2.75) is 44.8 Å². The van der Waals surface area contributed by atoms with Crippen LogP contribution in [0.3, 0.4) is 0 Å². The van der Waals surface area contributed by atoms with Crippen LogP contribution in [0, 0.1) is 0 Å². The lowest BCUT2D eigenvalue weighted by atomic mass is 9.86. The minimum absolute atomic E-state index is 0.191. The summed E-state index contributed by atoms with van der Waals surface area (Å²) in [5.74, 6) is 0.631. The average molecular weight is 518 g/mol. The summed E-state index contributed by atoms with van der Waals surface area (Å²) in [6.45, 7) is 11.4.